The third-order valence-electron chi connectivity index (χ3n) is 4.25. The van der Waals surface area contributed by atoms with Crippen molar-refractivity contribution in [3.8, 4) is 5.75 Å². The Morgan fingerprint density at radius 2 is 1.76 bits per heavy atom. The Morgan fingerprint density at radius 3 is 2.44 bits per heavy atom. The van der Waals surface area contributed by atoms with E-state index >= 15 is 0 Å². The summed E-state index contributed by atoms with van der Waals surface area (Å²) in [6.07, 6.45) is 1.71. The van der Waals surface area contributed by atoms with E-state index in [0.29, 0.717) is 31.0 Å². The molecule has 0 spiro atoms. The van der Waals surface area contributed by atoms with Crippen LogP contribution in [0.1, 0.15) is 28.8 Å². The second-order valence-corrected chi connectivity index (χ2v) is 6.96. The molecule has 1 fully saturated rings. The molecule has 1 aliphatic heterocycles. The SMILES string of the molecule is Cl.NC1CCN(C(=O)c2ccccc2OCc2ccc(Br)cc2)CC1. The molecule has 2 aromatic carbocycles. The van der Waals surface area contributed by atoms with Crippen molar-refractivity contribution < 1.29 is 9.53 Å². The van der Waals surface area contributed by atoms with Crippen LogP contribution in [-0.4, -0.2) is 29.9 Å². The van der Waals surface area contributed by atoms with E-state index in [4.69, 9.17) is 10.5 Å². The summed E-state index contributed by atoms with van der Waals surface area (Å²) < 4.78 is 6.94. The molecule has 1 heterocycles. The second-order valence-electron chi connectivity index (χ2n) is 6.04. The second kappa shape index (κ2) is 9.22. The molecule has 1 saturated heterocycles. The predicted molar refractivity (Wildman–Crippen MR) is 105 cm³/mol. The number of rotatable bonds is 4. The molecule has 134 valence electrons. The van der Waals surface area contributed by atoms with Crippen molar-refractivity contribution in [3.05, 3.63) is 64.1 Å². The largest absolute Gasteiger partial charge is 0.488 e. The molecular formula is C19H22BrClN2O2. The van der Waals surface area contributed by atoms with Crippen LogP contribution < -0.4 is 10.5 Å². The Kier molecular flexibility index (Phi) is 7.29. The topological polar surface area (TPSA) is 55.6 Å². The van der Waals surface area contributed by atoms with Gasteiger partial charge in [-0.2, -0.15) is 0 Å². The average molecular weight is 426 g/mol. The summed E-state index contributed by atoms with van der Waals surface area (Å²) in [5, 5.41) is 0. The van der Waals surface area contributed by atoms with Gasteiger partial charge in [-0.15, -0.1) is 12.4 Å². The number of benzene rings is 2. The molecule has 1 aliphatic rings. The van der Waals surface area contributed by atoms with Gasteiger partial charge in [0.1, 0.15) is 12.4 Å². The van der Waals surface area contributed by atoms with Crippen LogP contribution in [0.5, 0.6) is 5.75 Å². The highest BCUT2D eigenvalue weighted by Gasteiger charge is 2.23. The monoisotopic (exact) mass is 424 g/mol. The minimum absolute atomic E-state index is 0. The molecule has 2 N–H and O–H groups in total. The first kappa shape index (κ1) is 19.8. The lowest BCUT2D eigenvalue weighted by Gasteiger charge is -2.30. The molecule has 3 rings (SSSR count). The summed E-state index contributed by atoms with van der Waals surface area (Å²) in [5.74, 6) is 0.647. The van der Waals surface area contributed by atoms with E-state index in [1.165, 1.54) is 0 Å². The third kappa shape index (κ3) is 5.21. The Hall–Kier alpha value is -1.56. The quantitative estimate of drug-likeness (QED) is 0.805. The Morgan fingerprint density at radius 1 is 1.12 bits per heavy atom. The van der Waals surface area contributed by atoms with Gasteiger partial charge >= 0.3 is 0 Å². The Bertz CT molecular complexity index is 701. The molecule has 0 aliphatic carbocycles. The zero-order chi connectivity index (χ0) is 16.9. The van der Waals surface area contributed by atoms with Gasteiger partial charge in [0.2, 0.25) is 0 Å². The Labute approximate surface area is 162 Å². The van der Waals surface area contributed by atoms with E-state index in [9.17, 15) is 4.79 Å². The van der Waals surface area contributed by atoms with Gasteiger partial charge in [-0.25, -0.2) is 0 Å². The van der Waals surface area contributed by atoms with Gasteiger partial charge in [0, 0.05) is 23.6 Å². The van der Waals surface area contributed by atoms with Gasteiger partial charge in [0.05, 0.1) is 5.56 Å². The fourth-order valence-corrected chi connectivity index (χ4v) is 3.05. The van der Waals surface area contributed by atoms with E-state index in [0.717, 1.165) is 22.9 Å². The maximum absolute atomic E-state index is 12.8. The van der Waals surface area contributed by atoms with Crippen molar-refractivity contribution in [1.82, 2.24) is 4.90 Å². The van der Waals surface area contributed by atoms with Crippen LogP contribution in [0.4, 0.5) is 0 Å². The molecule has 6 heteroatoms. The molecule has 2 aromatic rings. The fraction of sp³-hybridized carbons (Fsp3) is 0.316. The van der Waals surface area contributed by atoms with Crippen LogP contribution in [0.15, 0.2) is 53.0 Å². The highest BCUT2D eigenvalue weighted by atomic mass is 79.9. The lowest BCUT2D eigenvalue weighted by molar-refractivity contribution is 0.0710. The zero-order valence-corrected chi connectivity index (χ0v) is 16.3. The van der Waals surface area contributed by atoms with Crippen LogP contribution in [0.3, 0.4) is 0 Å². The first-order chi connectivity index (χ1) is 11.6. The van der Waals surface area contributed by atoms with Crippen molar-refractivity contribution in [2.24, 2.45) is 5.73 Å². The number of ether oxygens (including phenoxy) is 1. The lowest BCUT2D eigenvalue weighted by Crippen LogP contribution is -2.42. The Balaban J connectivity index is 0.00000225. The van der Waals surface area contributed by atoms with E-state index in [-0.39, 0.29) is 24.4 Å². The summed E-state index contributed by atoms with van der Waals surface area (Å²) in [6, 6.07) is 15.6. The first-order valence-corrected chi connectivity index (χ1v) is 8.94. The smallest absolute Gasteiger partial charge is 0.257 e. The molecule has 4 nitrogen and oxygen atoms in total. The highest BCUT2D eigenvalue weighted by Crippen LogP contribution is 2.23. The normalized spacial score (nSPS) is 14.7. The van der Waals surface area contributed by atoms with E-state index in [1.807, 2.05) is 53.4 Å². The van der Waals surface area contributed by atoms with Crippen LogP contribution in [0, 0.1) is 0 Å². The summed E-state index contributed by atoms with van der Waals surface area (Å²) in [7, 11) is 0. The van der Waals surface area contributed by atoms with E-state index < -0.39 is 0 Å². The summed E-state index contributed by atoms with van der Waals surface area (Å²) in [4.78, 5) is 14.6. The molecule has 25 heavy (non-hydrogen) atoms. The van der Waals surface area contributed by atoms with Gasteiger partial charge < -0.3 is 15.4 Å². The molecular weight excluding hydrogens is 404 g/mol. The van der Waals surface area contributed by atoms with Gasteiger partial charge in [0.15, 0.2) is 0 Å². The number of hydrogen-bond donors (Lipinski definition) is 1. The average Bonchev–Trinajstić information content (AvgIpc) is 2.61. The minimum Gasteiger partial charge on any atom is -0.488 e. The van der Waals surface area contributed by atoms with Crippen molar-refractivity contribution >= 4 is 34.2 Å². The molecule has 0 bridgehead atoms. The molecule has 0 atom stereocenters. The van der Waals surface area contributed by atoms with Crippen LogP contribution in [0.2, 0.25) is 0 Å². The number of halogens is 2. The van der Waals surface area contributed by atoms with Crippen molar-refractivity contribution in [3.63, 3.8) is 0 Å². The summed E-state index contributed by atoms with van der Waals surface area (Å²) in [6.45, 7) is 1.85. The van der Waals surface area contributed by atoms with Crippen molar-refractivity contribution in [2.75, 3.05) is 13.1 Å². The van der Waals surface area contributed by atoms with Gasteiger partial charge in [-0.1, -0.05) is 40.2 Å². The van der Waals surface area contributed by atoms with E-state index in [2.05, 4.69) is 15.9 Å². The van der Waals surface area contributed by atoms with Crippen molar-refractivity contribution in [2.45, 2.75) is 25.5 Å². The molecule has 0 unspecified atom stereocenters. The molecule has 0 aromatic heterocycles. The summed E-state index contributed by atoms with van der Waals surface area (Å²) in [5.41, 5.74) is 7.60. The predicted octanol–water partition coefficient (Wildman–Crippen LogP) is 4.01. The number of nitrogens with two attached hydrogens (primary N) is 1. The zero-order valence-electron chi connectivity index (χ0n) is 13.9. The summed E-state index contributed by atoms with van der Waals surface area (Å²) >= 11 is 3.42. The number of likely N-dealkylation sites (tertiary alicyclic amines) is 1. The van der Waals surface area contributed by atoms with E-state index in [1.54, 1.807) is 0 Å². The first-order valence-electron chi connectivity index (χ1n) is 8.14. The van der Waals surface area contributed by atoms with Gasteiger partial charge in [-0.3, -0.25) is 4.79 Å². The number of amides is 1. The third-order valence-corrected chi connectivity index (χ3v) is 4.78. The van der Waals surface area contributed by atoms with Crippen LogP contribution in [0.25, 0.3) is 0 Å². The maximum Gasteiger partial charge on any atom is 0.257 e. The minimum atomic E-state index is 0. The van der Waals surface area contributed by atoms with Gasteiger partial charge in [0.25, 0.3) is 5.91 Å². The molecule has 0 saturated carbocycles. The maximum atomic E-state index is 12.8. The van der Waals surface area contributed by atoms with Crippen LogP contribution >= 0.6 is 28.3 Å². The number of carbonyl (C=O) groups excluding carboxylic acids is 1. The molecule has 1 amide bonds. The lowest BCUT2D eigenvalue weighted by atomic mass is 10.0. The van der Waals surface area contributed by atoms with Crippen molar-refractivity contribution in [1.29, 1.82) is 0 Å². The number of piperidine rings is 1. The fourth-order valence-electron chi connectivity index (χ4n) is 2.78. The highest BCUT2D eigenvalue weighted by molar-refractivity contribution is 9.10. The standard InChI is InChI=1S/C19H21BrN2O2.ClH/c20-15-7-5-14(6-8-15)13-24-18-4-2-1-3-17(18)19(23)22-11-9-16(21)10-12-22;/h1-8,16H,9-13,21H2;1H. The molecule has 0 radical (unpaired) electrons. The number of nitrogens with zero attached hydrogens (tertiary/aromatic N) is 1. The van der Waals surface area contributed by atoms with Crippen LogP contribution in [-0.2, 0) is 6.61 Å². The number of hydrogen-bond acceptors (Lipinski definition) is 3. The number of carbonyl (C=O) groups is 1. The number of para-hydroxylation sites is 1. The van der Waals surface area contributed by atoms with Gasteiger partial charge in [-0.05, 0) is 42.7 Å².